The highest BCUT2D eigenvalue weighted by Crippen LogP contribution is 2.20. The molecule has 0 spiro atoms. The monoisotopic (exact) mass is 216 g/mol. The predicted molar refractivity (Wildman–Crippen MR) is 64.9 cm³/mol. The maximum absolute atomic E-state index is 5.61. The zero-order chi connectivity index (χ0) is 11.5. The second kappa shape index (κ2) is 4.35. The Bertz CT molecular complexity index is 470. The van der Waals surface area contributed by atoms with E-state index in [4.69, 9.17) is 5.73 Å². The van der Waals surface area contributed by atoms with Gasteiger partial charge in [-0.25, -0.2) is 0 Å². The molecular formula is C12H16N4. The van der Waals surface area contributed by atoms with Crippen molar-refractivity contribution in [1.29, 1.82) is 0 Å². The van der Waals surface area contributed by atoms with E-state index in [2.05, 4.69) is 17.0 Å². The molecule has 4 heteroatoms. The first-order chi connectivity index (χ1) is 7.70. The summed E-state index contributed by atoms with van der Waals surface area (Å²) in [6.45, 7) is 5.08. The minimum atomic E-state index is 0.683. The van der Waals surface area contributed by atoms with Crippen molar-refractivity contribution in [1.82, 2.24) is 14.8 Å². The summed E-state index contributed by atoms with van der Waals surface area (Å²) >= 11 is 0. The molecule has 4 nitrogen and oxygen atoms in total. The normalized spacial score (nSPS) is 10.6. The van der Waals surface area contributed by atoms with E-state index in [-0.39, 0.29) is 0 Å². The van der Waals surface area contributed by atoms with E-state index in [1.54, 1.807) is 6.20 Å². The van der Waals surface area contributed by atoms with Crippen LogP contribution in [0.15, 0.2) is 24.5 Å². The van der Waals surface area contributed by atoms with Gasteiger partial charge < -0.3 is 5.73 Å². The molecule has 0 radical (unpaired) electrons. The average molecular weight is 216 g/mol. The zero-order valence-corrected chi connectivity index (χ0v) is 9.64. The smallest absolute Gasteiger partial charge is 0.0737 e. The first-order valence-corrected chi connectivity index (χ1v) is 5.46. The number of hydrogen-bond donors (Lipinski definition) is 1. The van der Waals surface area contributed by atoms with Gasteiger partial charge in [0.1, 0.15) is 0 Å². The Morgan fingerprint density at radius 2 is 2.19 bits per heavy atom. The second-order valence-corrected chi connectivity index (χ2v) is 3.87. The molecule has 0 aliphatic rings. The van der Waals surface area contributed by atoms with Crippen LogP contribution in [0.25, 0.3) is 11.3 Å². The number of nitrogens with zero attached hydrogens (tertiary/aromatic N) is 3. The molecule has 0 aromatic carbocycles. The van der Waals surface area contributed by atoms with Crippen LogP contribution < -0.4 is 5.73 Å². The molecule has 0 amide bonds. The van der Waals surface area contributed by atoms with Gasteiger partial charge >= 0.3 is 0 Å². The van der Waals surface area contributed by atoms with E-state index in [9.17, 15) is 0 Å². The Morgan fingerprint density at radius 1 is 1.38 bits per heavy atom. The molecule has 2 aromatic heterocycles. The summed E-state index contributed by atoms with van der Waals surface area (Å²) in [6, 6.07) is 3.79. The summed E-state index contributed by atoms with van der Waals surface area (Å²) < 4.78 is 1.96. The molecule has 2 rings (SSSR count). The van der Waals surface area contributed by atoms with Crippen molar-refractivity contribution < 1.29 is 0 Å². The highest BCUT2D eigenvalue weighted by atomic mass is 15.3. The van der Waals surface area contributed by atoms with Crippen molar-refractivity contribution in [2.45, 2.75) is 26.8 Å². The van der Waals surface area contributed by atoms with Gasteiger partial charge in [-0.05, 0) is 25.5 Å². The number of hydrogen-bond acceptors (Lipinski definition) is 3. The topological polar surface area (TPSA) is 56.7 Å². The molecule has 0 atom stereocenters. The fourth-order valence-corrected chi connectivity index (χ4v) is 1.68. The summed E-state index contributed by atoms with van der Waals surface area (Å²) in [5.41, 5.74) is 9.30. The van der Waals surface area contributed by atoms with Crippen molar-refractivity contribution in [3.63, 3.8) is 0 Å². The molecule has 0 saturated carbocycles. The SMILES string of the molecule is CCCn1cc(-c2ccc(N)cn2)c(C)n1. The summed E-state index contributed by atoms with van der Waals surface area (Å²) in [5, 5.41) is 4.44. The molecule has 0 aliphatic carbocycles. The van der Waals surface area contributed by atoms with Gasteiger partial charge in [0.2, 0.25) is 0 Å². The second-order valence-electron chi connectivity index (χ2n) is 3.87. The zero-order valence-electron chi connectivity index (χ0n) is 9.64. The first kappa shape index (κ1) is 10.7. The van der Waals surface area contributed by atoms with Gasteiger partial charge in [0.15, 0.2) is 0 Å². The maximum Gasteiger partial charge on any atom is 0.0737 e. The number of rotatable bonds is 3. The molecule has 2 N–H and O–H groups in total. The van der Waals surface area contributed by atoms with Crippen LogP contribution in [-0.4, -0.2) is 14.8 Å². The summed E-state index contributed by atoms with van der Waals surface area (Å²) in [7, 11) is 0. The lowest BCUT2D eigenvalue weighted by Gasteiger charge is -1.98. The Kier molecular flexibility index (Phi) is 2.90. The Morgan fingerprint density at radius 3 is 2.81 bits per heavy atom. The molecule has 0 unspecified atom stereocenters. The van der Waals surface area contributed by atoms with Gasteiger partial charge in [-0.2, -0.15) is 5.10 Å². The number of aryl methyl sites for hydroxylation is 2. The molecule has 0 saturated heterocycles. The fraction of sp³-hybridized carbons (Fsp3) is 0.333. The van der Waals surface area contributed by atoms with Crippen molar-refractivity contribution in [2.24, 2.45) is 0 Å². The van der Waals surface area contributed by atoms with E-state index >= 15 is 0 Å². The Labute approximate surface area is 95.1 Å². The molecule has 0 bridgehead atoms. The number of pyridine rings is 1. The highest BCUT2D eigenvalue weighted by molar-refractivity contribution is 5.62. The third-order valence-corrected chi connectivity index (χ3v) is 2.46. The van der Waals surface area contributed by atoms with Crippen molar-refractivity contribution in [3.05, 3.63) is 30.2 Å². The maximum atomic E-state index is 5.61. The fourth-order valence-electron chi connectivity index (χ4n) is 1.68. The van der Waals surface area contributed by atoms with Gasteiger partial charge in [0.05, 0.1) is 23.3 Å². The lowest BCUT2D eigenvalue weighted by atomic mass is 10.2. The van der Waals surface area contributed by atoms with Crippen molar-refractivity contribution in [2.75, 3.05) is 5.73 Å². The minimum absolute atomic E-state index is 0.683. The number of nitrogen functional groups attached to an aromatic ring is 1. The Balaban J connectivity index is 2.36. The quantitative estimate of drug-likeness (QED) is 0.856. The summed E-state index contributed by atoms with van der Waals surface area (Å²) in [6.07, 6.45) is 4.79. The number of anilines is 1. The molecule has 2 aromatic rings. The van der Waals surface area contributed by atoms with E-state index in [1.165, 1.54) is 0 Å². The number of nitrogens with two attached hydrogens (primary N) is 1. The molecule has 84 valence electrons. The van der Waals surface area contributed by atoms with Crippen LogP contribution in [0.3, 0.4) is 0 Å². The van der Waals surface area contributed by atoms with Gasteiger partial charge in [0, 0.05) is 18.3 Å². The van der Waals surface area contributed by atoms with Gasteiger partial charge in [-0.3, -0.25) is 9.67 Å². The van der Waals surface area contributed by atoms with E-state index in [0.717, 1.165) is 29.9 Å². The lowest BCUT2D eigenvalue weighted by Crippen LogP contribution is -1.96. The summed E-state index contributed by atoms with van der Waals surface area (Å²) in [5.74, 6) is 0. The molecular weight excluding hydrogens is 200 g/mol. The van der Waals surface area contributed by atoms with E-state index in [1.807, 2.05) is 29.9 Å². The van der Waals surface area contributed by atoms with Crippen LogP contribution >= 0.6 is 0 Å². The van der Waals surface area contributed by atoms with Crippen LogP contribution in [-0.2, 0) is 6.54 Å². The lowest BCUT2D eigenvalue weighted by molar-refractivity contribution is 0.598. The van der Waals surface area contributed by atoms with Gasteiger partial charge in [0.25, 0.3) is 0 Å². The number of aromatic nitrogens is 3. The van der Waals surface area contributed by atoms with Gasteiger partial charge in [-0.15, -0.1) is 0 Å². The molecule has 16 heavy (non-hydrogen) atoms. The molecule has 0 aliphatic heterocycles. The van der Waals surface area contributed by atoms with Gasteiger partial charge in [-0.1, -0.05) is 6.92 Å². The van der Waals surface area contributed by atoms with Crippen LogP contribution in [0.5, 0.6) is 0 Å². The highest BCUT2D eigenvalue weighted by Gasteiger charge is 2.07. The predicted octanol–water partition coefficient (Wildman–Crippen LogP) is 2.25. The van der Waals surface area contributed by atoms with Crippen LogP contribution in [0.4, 0.5) is 5.69 Å². The third kappa shape index (κ3) is 2.05. The average Bonchev–Trinajstić information content (AvgIpc) is 2.61. The molecule has 2 heterocycles. The minimum Gasteiger partial charge on any atom is -0.397 e. The van der Waals surface area contributed by atoms with E-state index in [0.29, 0.717) is 5.69 Å². The van der Waals surface area contributed by atoms with Crippen LogP contribution in [0, 0.1) is 6.92 Å². The van der Waals surface area contributed by atoms with Crippen LogP contribution in [0.1, 0.15) is 19.0 Å². The third-order valence-electron chi connectivity index (χ3n) is 2.46. The van der Waals surface area contributed by atoms with E-state index < -0.39 is 0 Å². The molecule has 0 fully saturated rings. The standard InChI is InChI=1S/C12H16N4/c1-3-6-16-8-11(9(2)15-16)12-5-4-10(13)7-14-12/h4-5,7-8H,3,6,13H2,1-2H3. The summed E-state index contributed by atoms with van der Waals surface area (Å²) in [4.78, 5) is 4.30. The van der Waals surface area contributed by atoms with Crippen molar-refractivity contribution in [3.8, 4) is 11.3 Å². The first-order valence-electron chi connectivity index (χ1n) is 5.46. The Hall–Kier alpha value is -1.84. The largest absolute Gasteiger partial charge is 0.397 e. The van der Waals surface area contributed by atoms with Crippen LogP contribution in [0.2, 0.25) is 0 Å². The van der Waals surface area contributed by atoms with Crippen molar-refractivity contribution >= 4 is 5.69 Å².